The van der Waals surface area contributed by atoms with Gasteiger partial charge in [-0.25, -0.2) is 4.98 Å². The van der Waals surface area contributed by atoms with E-state index in [2.05, 4.69) is 36.1 Å². The third-order valence-electron chi connectivity index (χ3n) is 3.13. The topological polar surface area (TPSA) is 67.0 Å². The van der Waals surface area contributed by atoms with Crippen molar-refractivity contribution in [2.75, 3.05) is 12.4 Å². The molecule has 0 fully saturated rings. The third-order valence-corrected chi connectivity index (χ3v) is 3.13. The average molecular weight is 239 g/mol. The highest BCUT2D eigenvalue weighted by Gasteiger charge is 2.16. The van der Waals surface area contributed by atoms with Gasteiger partial charge in [0.15, 0.2) is 5.82 Å². The molecule has 0 spiro atoms. The van der Waals surface area contributed by atoms with Gasteiger partial charge in [-0.05, 0) is 12.8 Å². The molecule has 0 aliphatic rings. The lowest BCUT2D eigenvalue weighted by molar-refractivity contribution is 0.402. The summed E-state index contributed by atoms with van der Waals surface area (Å²) in [5.41, 5.74) is -0.262. The summed E-state index contributed by atoms with van der Waals surface area (Å²) in [7, 11) is 1.47. The molecule has 0 saturated heterocycles. The molecule has 5 heteroatoms. The van der Waals surface area contributed by atoms with Crippen LogP contribution in [0.5, 0.6) is 5.75 Å². The first-order valence-electron chi connectivity index (χ1n) is 6.02. The predicted octanol–water partition coefficient (Wildman–Crippen LogP) is 2.02. The summed E-state index contributed by atoms with van der Waals surface area (Å²) in [5, 5.41) is 3.25. The lowest BCUT2D eigenvalue weighted by atomic mass is 9.95. The van der Waals surface area contributed by atoms with Crippen molar-refractivity contribution in [3.8, 4) is 5.75 Å². The molecular weight excluding hydrogens is 218 g/mol. The lowest BCUT2D eigenvalue weighted by Gasteiger charge is -2.23. The summed E-state index contributed by atoms with van der Waals surface area (Å²) in [6.07, 6.45) is 3.57. The van der Waals surface area contributed by atoms with E-state index in [-0.39, 0.29) is 17.4 Å². The molecule has 96 valence electrons. The second-order valence-corrected chi connectivity index (χ2v) is 4.12. The smallest absolute Gasteiger partial charge is 0.295 e. The summed E-state index contributed by atoms with van der Waals surface area (Å²) in [6.45, 7) is 6.42. The maximum absolute atomic E-state index is 11.5. The number of H-pyrrole nitrogens is 1. The zero-order chi connectivity index (χ0) is 12.8. The number of ether oxygens (including phenoxy) is 1. The number of nitrogens with zero attached hydrogens (tertiary/aromatic N) is 1. The van der Waals surface area contributed by atoms with Gasteiger partial charge in [0.2, 0.25) is 5.75 Å². The minimum Gasteiger partial charge on any atom is -0.489 e. The molecule has 2 N–H and O–H groups in total. The Bertz CT molecular complexity index is 399. The van der Waals surface area contributed by atoms with Gasteiger partial charge in [-0.15, -0.1) is 0 Å². The van der Waals surface area contributed by atoms with Gasteiger partial charge >= 0.3 is 0 Å². The summed E-state index contributed by atoms with van der Waals surface area (Å²) >= 11 is 0. The van der Waals surface area contributed by atoms with Crippen LogP contribution in [0.15, 0.2) is 11.1 Å². The van der Waals surface area contributed by atoms with E-state index < -0.39 is 0 Å². The Morgan fingerprint density at radius 1 is 1.47 bits per heavy atom. The predicted molar refractivity (Wildman–Crippen MR) is 68.6 cm³/mol. The molecule has 1 aromatic rings. The summed E-state index contributed by atoms with van der Waals surface area (Å²) in [5.74, 6) is 1.31. The summed E-state index contributed by atoms with van der Waals surface area (Å²) in [4.78, 5) is 18.1. The monoisotopic (exact) mass is 239 g/mol. The van der Waals surface area contributed by atoms with Crippen LogP contribution in [0, 0.1) is 5.92 Å². The van der Waals surface area contributed by atoms with Crippen LogP contribution in [-0.4, -0.2) is 23.1 Å². The van der Waals surface area contributed by atoms with Crippen molar-refractivity contribution in [3.63, 3.8) is 0 Å². The number of rotatable bonds is 6. The number of methoxy groups -OCH3 is 1. The summed E-state index contributed by atoms with van der Waals surface area (Å²) < 4.78 is 5.06. The van der Waals surface area contributed by atoms with Gasteiger partial charge in [0.1, 0.15) is 0 Å². The summed E-state index contributed by atoms with van der Waals surface area (Å²) in [6, 6.07) is 0.258. The fourth-order valence-corrected chi connectivity index (χ4v) is 2.01. The maximum Gasteiger partial charge on any atom is 0.295 e. The van der Waals surface area contributed by atoms with Crippen LogP contribution in [0.1, 0.15) is 33.6 Å². The highest BCUT2D eigenvalue weighted by Crippen LogP contribution is 2.20. The van der Waals surface area contributed by atoms with Crippen LogP contribution in [0.3, 0.4) is 0 Å². The lowest BCUT2D eigenvalue weighted by Crippen LogP contribution is -2.27. The first-order chi connectivity index (χ1) is 8.13. The molecule has 17 heavy (non-hydrogen) atoms. The Labute approximate surface area is 102 Å². The molecule has 0 radical (unpaired) electrons. The number of aromatic nitrogens is 2. The van der Waals surface area contributed by atoms with Gasteiger partial charge < -0.3 is 15.0 Å². The highest BCUT2D eigenvalue weighted by molar-refractivity contribution is 5.48. The molecule has 5 nitrogen and oxygen atoms in total. The molecule has 1 rings (SSSR count). The minimum absolute atomic E-state index is 0.241. The van der Waals surface area contributed by atoms with E-state index in [1.165, 1.54) is 13.4 Å². The van der Waals surface area contributed by atoms with E-state index >= 15 is 0 Å². The standard InChI is InChI=1S/C12H21N3O2/c1-5-9(6-2)8(3)15-11-10(17-4)12(16)14-7-13-11/h7-9H,5-6H2,1-4H3,(H2,13,14,15,16). The maximum atomic E-state index is 11.5. The van der Waals surface area contributed by atoms with Crippen molar-refractivity contribution in [1.82, 2.24) is 9.97 Å². The van der Waals surface area contributed by atoms with Gasteiger partial charge in [-0.1, -0.05) is 26.7 Å². The Morgan fingerprint density at radius 2 is 2.12 bits per heavy atom. The average Bonchev–Trinajstić information content (AvgIpc) is 2.31. The molecule has 0 bridgehead atoms. The van der Waals surface area contributed by atoms with Crippen LogP contribution < -0.4 is 15.6 Å². The SMILES string of the molecule is CCC(CC)C(C)Nc1nc[nH]c(=O)c1OC. The van der Waals surface area contributed by atoms with Gasteiger partial charge in [-0.3, -0.25) is 4.79 Å². The van der Waals surface area contributed by atoms with E-state index in [1.54, 1.807) is 0 Å². The van der Waals surface area contributed by atoms with E-state index in [0.29, 0.717) is 11.7 Å². The van der Waals surface area contributed by atoms with Crippen molar-refractivity contribution in [3.05, 3.63) is 16.7 Å². The normalized spacial score (nSPS) is 12.5. The fraction of sp³-hybridized carbons (Fsp3) is 0.667. The molecule has 0 aliphatic heterocycles. The van der Waals surface area contributed by atoms with Gasteiger partial charge in [0, 0.05) is 6.04 Å². The van der Waals surface area contributed by atoms with E-state index in [0.717, 1.165) is 12.8 Å². The molecule has 1 atom stereocenters. The number of hydrogen-bond acceptors (Lipinski definition) is 4. The van der Waals surface area contributed by atoms with Gasteiger partial charge in [0.25, 0.3) is 5.56 Å². The van der Waals surface area contributed by atoms with Crippen LogP contribution in [0.2, 0.25) is 0 Å². The molecule has 0 saturated carbocycles. The molecule has 1 unspecified atom stereocenters. The molecular formula is C12H21N3O2. The zero-order valence-corrected chi connectivity index (χ0v) is 10.9. The van der Waals surface area contributed by atoms with Crippen LogP contribution >= 0.6 is 0 Å². The number of aromatic amines is 1. The van der Waals surface area contributed by atoms with Crippen molar-refractivity contribution in [2.24, 2.45) is 5.92 Å². The van der Waals surface area contributed by atoms with Crippen LogP contribution in [0.25, 0.3) is 0 Å². The Hall–Kier alpha value is -1.52. The first-order valence-corrected chi connectivity index (χ1v) is 6.02. The van der Waals surface area contributed by atoms with Crippen LogP contribution in [0.4, 0.5) is 5.82 Å². The number of hydrogen-bond donors (Lipinski definition) is 2. The largest absolute Gasteiger partial charge is 0.489 e. The van der Waals surface area contributed by atoms with Crippen molar-refractivity contribution in [1.29, 1.82) is 0 Å². The molecule has 1 heterocycles. The third kappa shape index (κ3) is 3.22. The Morgan fingerprint density at radius 3 is 2.65 bits per heavy atom. The molecule has 1 aromatic heterocycles. The van der Waals surface area contributed by atoms with Crippen LogP contribution in [-0.2, 0) is 0 Å². The first kappa shape index (κ1) is 13.5. The van der Waals surface area contributed by atoms with Crippen molar-refractivity contribution in [2.45, 2.75) is 39.7 Å². The van der Waals surface area contributed by atoms with E-state index in [9.17, 15) is 4.79 Å². The van der Waals surface area contributed by atoms with Crippen molar-refractivity contribution >= 4 is 5.82 Å². The van der Waals surface area contributed by atoms with E-state index in [4.69, 9.17) is 4.74 Å². The Balaban J connectivity index is 2.88. The highest BCUT2D eigenvalue weighted by atomic mass is 16.5. The quantitative estimate of drug-likeness (QED) is 0.797. The molecule has 0 aliphatic carbocycles. The minimum atomic E-state index is -0.262. The number of anilines is 1. The molecule has 0 amide bonds. The van der Waals surface area contributed by atoms with Gasteiger partial charge in [0.05, 0.1) is 13.4 Å². The second-order valence-electron chi connectivity index (χ2n) is 4.12. The van der Waals surface area contributed by atoms with Gasteiger partial charge in [-0.2, -0.15) is 0 Å². The molecule has 0 aromatic carbocycles. The number of nitrogens with one attached hydrogen (secondary N) is 2. The fourth-order valence-electron chi connectivity index (χ4n) is 2.01. The Kier molecular flexibility index (Phi) is 5.00. The second kappa shape index (κ2) is 6.27. The zero-order valence-electron chi connectivity index (χ0n) is 10.9. The van der Waals surface area contributed by atoms with Crippen molar-refractivity contribution < 1.29 is 4.74 Å². The van der Waals surface area contributed by atoms with E-state index in [1.807, 2.05) is 0 Å².